The molecule has 6 heteroatoms. The number of hydrogen-bond acceptors (Lipinski definition) is 4. The number of oxazole rings is 1. The van der Waals surface area contributed by atoms with E-state index >= 15 is 0 Å². The number of rotatable bonds is 4. The van der Waals surface area contributed by atoms with Gasteiger partial charge in [-0.25, -0.2) is 9.78 Å². The summed E-state index contributed by atoms with van der Waals surface area (Å²) in [5.41, 5.74) is 1.78. The zero-order valence-corrected chi connectivity index (χ0v) is 14.1. The van der Waals surface area contributed by atoms with E-state index in [0.29, 0.717) is 31.9 Å². The maximum absolute atomic E-state index is 12.2. The standard InChI is InChI=1S/C18H23N3O3/c1-13-10-21(11-14(2)24-13)18(22)19-9-8-16-12-23-17(20-16)15-6-4-3-5-7-15/h3-7,12-14H,8-11H2,1-2H3,(H,19,22). The average molecular weight is 329 g/mol. The Kier molecular flexibility index (Phi) is 5.15. The summed E-state index contributed by atoms with van der Waals surface area (Å²) in [5.74, 6) is 0.604. The molecule has 24 heavy (non-hydrogen) atoms. The molecule has 0 aliphatic carbocycles. The highest BCUT2D eigenvalue weighted by Crippen LogP contribution is 2.18. The van der Waals surface area contributed by atoms with Crippen LogP contribution < -0.4 is 5.32 Å². The van der Waals surface area contributed by atoms with Crippen molar-refractivity contribution in [3.05, 3.63) is 42.3 Å². The summed E-state index contributed by atoms with van der Waals surface area (Å²) in [6.07, 6.45) is 2.43. The minimum Gasteiger partial charge on any atom is -0.444 e. The van der Waals surface area contributed by atoms with Gasteiger partial charge in [0.2, 0.25) is 5.89 Å². The highest BCUT2D eigenvalue weighted by molar-refractivity contribution is 5.74. The minimum absolute atomic E-state index is 0.0521. The van der Waals surface area contributed by atoms with E-state index in [1.807, 2.05) is 44.2 Å². The number of ether oxygens (including phenoxy) is 1. The number of urea groups is 1. The van der Waals surface area contributed by atoms with Gasteiger partial charge >= 0.3 is 6.03 Å². The van der Waals surface area contributed by atoms with E-state index < -0.39 is 0 Å². The Bertz CT molecular complexity index is 661. The molecule has 2 amide bonds. The number of hydrogen-bond donors (Lipinski definition) is 1. The van der Waals surface area contributed by atoms with Gasteiger partial charge < -0.3 is 19.4 Å². The topological polar surface area (TPSA) is 67.6 Å². The molecule has 2 aromatic rings. The van der Waals surface area contributed by atoms with Gasteiger partial charge in [0, 0.05) is 31.6 Å². The summed E-state index contributed by atoms with van der Waals surface area (Å²) in [6.45, 7) is 5.74. The lowest BCUT2D eigenvalue weighted by atomic mass is 10.2. The number of morpholine rings is 1. The molecule has 0 spiro atoms. The smallest absolute Gasteiger partial charge is 0.317 e. The largest absolute Gasteiger partial charge is 0.444 e. The summed E-state index contributed by atoms with van der Waals surface area (Å²) in [5, 5.41) is 2.94. The Morgan fingerprint density at radius 3 is 2.67 bits per heavy atom. The van der Waals surface area contributed by atoms with Crippen molar-refractivity contribution >= 4 is 6.03 Å². The molecule has 1 saturated heterocycles. The maximum atomic E-state index is 12.2. The van der Waals surface area contributed by atoms with Crippen molar-refractivity contribution in [2.75, 3.05) is 19.6 Å². The first-order valence-electron chi connectivity index (χ1n) is 8.30. The van der Waals surface area contributed by atoms with Gasteiger partial charge in [-0.15, -0.1) is 0 Å². The van der Waals surface area contributed by atoms with Crippen LogP contribution in [0.3, 0.4) is 0 Å². The molecule has 2 heterocycles. The third kappa shape index (κ3) is 4.14. The van der Waals surface area contributed by atoms with E-state index in [0.717, 1.165) is 11.3 Å². The van der Waals surface area contributed by atoms with Gasteiger partial charge in [-0.1, -0.05) is 18.2 Å². The molecule has 1 aliphatic heterocycles. The quantitative estimate of drug-likeness (QED) is 0.936. The predicted octanol–water partition coefficient (Wildman–Crippen LogP) is 2.70. The number of nitrogens with zero attached hydrogens (tertiary/aromatic N) is 2. The Labute approximate surface area is 141 Å². The van der Waals surface area contributed by atoms with Crippen LogP contribution in [0.4, 0.5) is 4.79 Å². The third-order valence-electron chi connectivity index (χ3n) is 3.94. The minimum atomic E-state index is -0.0521. The van der Waals surface area contributed by atoms with Gasteiger partial charge in [-0.05, 0) is 26.0 Å². The second kappa shape index (κ2) is 7.49. The highest BCUT2D eigenvalue weighted by Gasteiger charge is 2.25. The lowest BCUT2D eigenvalue weighted by molar-refractivity contribution is -0.0544. The van der Waals surface area contributed by atoms with Crippen LogP contribution in [0.25, 0.3) is 11.5 Å². The van der Waals surface area contributed by atoms with Crippen LogP contribution in [0.1, 0.15) is 19.5 Å². The molecular formula is C18H23N3O3. The van der Waals surface area contributed by atoms with E-state index in [9.17, 15) is 4.79 Å². The van der Waals surface area contributed by atoms with Crippen LogP contribution in [-0.2, 0) is 11.2 Å². The summed E-state index contributed by atoms with van der Waals surface area (Å²) in [7, 11) is 0. The molecule has 0 bridgehead atoms. The molecule has 6 nitrogen and oxygen atoms in total. The fourth-order valence-corrected chi connectivity index (χ4v) is 2.89. The Morgan fingerprint density at radius 2 is 1.96 bits per heavy atom. The molecule has 128 valence electrons. The molecule has 1 N–H and O–H groups in total. The summed E-state index contributed by atoms with van der Waals surface area (Å²) in [4.78, 5) is 18.5. The molecular weight excluding hydrogens is 306 g/mol. The van der Waals surface area contributed by atoms with Crippen molar-refractivity contribution in [3.63, 3.8) is 0 Å². The van der Waals surface area contributed by atoms with Gasteiger partial charge in [-0.2, -0.15) is 0 Å². The predicted molar refractivity (Wildman–Crippen MR) is 90.6 cm³/mol. The molecule has 2 unspecified atom stereocenters. The SMILES string of the molecule is CC1CN(C(=O)NCCc2coc(-c3ccccc3)n2)CC(C)O1. The lowest BCUT2D eigenvalue weighted by Gasteiger charge is -2.35. The molecule has 2 atom stereocenters. The second-order valence-electron chi connectivity index (χ2n) is 6.15. The molecule has 1 fully saturated rings. The van der Waals surface area contributed by atoms with E-state index in [-0.39, 0.29) is 18.2 Å². The Morgan fingerprint density at radius 1 is 1.25 bits per heavy atom. The summed E-state index contributed by atoms with van der Waals surface area (Å²) >= 11 is 0. The fourth-order valence-electron chi connectivity index (χ4n) is 2.89. The van der Waals surface area contributed by atoms with Gasteiger partial charge in [0.05, 0.1) is 17.9 Å². The van der Waals surface area contributed by atoms with E-state index in [2.05, 4.69) is 10.3 Å². The molecule has 1 aromatic carbocycles. The Balaban J connectivity index is 1.48. The van der Waals surface area contributed by atoms with Gasteiger partial charge in [0.15, 0.2) is 0 Å². The number of benzene rings is 1. The molecule has 1 aromatic heterocycles. The number of carbonyl (C=O) groups excluding carboxylic acids is 1. The highest BCUT2D eigenvalue weighted by atomic mass is 16.5. The van der Waals surface area contributed by atoms with Crippen molar-refractivity contribution in [1.29, 1.82) is 0 Å². The van der Waals surface area contributed by atoms with Crippen LogP contribution >= 0.6 is 0 Å². The zero-order valence-electron chi connectivity index (χ0n) is 14.1. The van der Waals surface area contributed by atoms with Crippen molar-refractivity contribution in [2.45, 2.75) is 32.5 Å². The van der Waals surface area contributed by atoms with Crippen LogP contribution in [0.5, 0.6) is 0 Å². The van der Waals surface area contributed by atoms with Gasteiger partial charge in [0.25, 0.3) is 0 Å². The van der Waals surface area contributed by atoms with Crippen molar-refractivity contribution in [2.24, 2.45) is 0 Å². The molecule has 1 aliphatic rings. The monoisotopic (exact) mass is 329 g/mol. The van der Waals surface area contributed by atoms with Crippen LogP contribution in [0, 0.1) is 0 Å². The maximum Gasteiger partial charge on any atom is 0.317 e. The number of carbonyl (C=O) groups is 1. The van der Waals surface area contributed by atoms with E-state index in [1.54, 1.807) is 11.2 Å². The van der Waals surface area contributed by atoms with E-state index in [4.69, 9.17) is 9.15 Å². The van der Waals surface area contributed by atoms with Crippen molar-refractivity contribution in [3.8, 4) is 11.5 Å². The first-order valence-corrected chi connectivity index (χ1v) is 8.30. The lowest BCUT2D eigenvalue weighted by Crippen LogP contribution is -2.51. The molecule has 3 rings (SSSR count). The molecule has 0 saturated carbocycles. The first kappa shape index (κ1) is 16.5. The van der Waals surface area contributed by atoms with Gasteiger partial charge in [-0.3, -0.25) is 0 Å². The number of amides is 2. The zero-order chi connectivity index (χ0) is 16.9. The second-order valence-corrected chi connectivity index (χ2v) is 6.15. The van der Waals surface area contributed by atoms with Gasteiger partial charge in [0.1, 0.15) is 6.26 Å². The first-order chi connectivity index (χ1) is 11.6. The Hall–Kier alpha value is -2.34. The van der Waals surface area contributed by atoms with Crippen LogP contribution in [0.15, 0.2) is 41.0 Å². The van der Waals surface area contributed by atoms with Crippen molar-refractivity contribution in [1.82, 2.24) is 15.2 Å². The van der Waals surface area contributed by atoms with Crippen molar-refractivity contribution < 1.29 is 13.9 Å². The summed E-state index contributed by atoms with van der Waals surface area (Å²) < 4.78 is 11.1. The normalized spacial score (nSPS) is 20.8. The van der Waals surface area contributed by atoms with Crippen LogP contribution in [0.2, 0.25) is 0 Å². The van der Waals surface area contributed by atoms with E-state index in [1.165, 1.54) is 0 Å². The third-order valence-corrected chi connectivity index (χ3v) is 3.94. The fraction of sp³-hybridized carbons (Fsp3) is 0.444. The summed E-state index contributed by atoms with van der Waals surface area (Å²) in [6, 6.07) is 9.71. The number of aromatic nitrogens is 1. The average Bonchev–Trinajstić information content (AvgIpc) is 3.03. The van der Waals surface area contributed by atoms with Crippen LogP contribution in [-0.4, -0.2) is 47.8 Å². The molecule has 0 radical (unpaired) electrons. The number of nitrogens with one attached hydrogen (secondary N) is 1.